The van der Waals surface area contributed by atoms with E-state index in [2.05, 4.69) is 16.0 Å². The van der Waals surface area contributed by atoms with E-state index in [-0.39, 0.29) is 12.4 Å². The molecule has 0 spiro atoms. The Morgan fingerprint density at radius 2 is 1.77 bits per heavy atom. The summed E-state index contributed by atoms with van der Waals surface area (Å²) in [6.45, 7) is 3.36. The van der Waals surface area contributed by atoms with Crippen LogP contribution in [0.3, 0.4) is 0 Å². The molecule has 3 aromatic rings. The summed E-state index contributed by atoms with van der Waals surface area (Å²) in [4.78, 5) is 0. The van der Waals surface area contributed by atoms with Gasteiger partial charge in [-0.25, -0.2) is 0 Å². The number of ether oxygens (including phenoxy) is 1. The molecule has 0 bridgehead atoms. The normalized spacial score (nSPS) is 13.8. The molecule has 26 heavy (non-hydrogen) atoms. The summed E-state index contributed by atoms with van der Waals surface area (Å²) >= 11 is 12.8. The van der Waals surface area contributed by atoms with Crippen LogP contribution in [0.15, 0.2) is 42.5 Å². The van der Waals surface area contributed by atoms with Crippen molar-refractivity contribution in [2.45, 2.75) is 19.4 Å². The number of nitrogens with one attached hydrogen (secondary N) is 1. The molecule has 0 aliphatic carbocycles. The number of halogens is 3. The third-order valence-electron chi connectivity index (χ3n) is 4.76. The summed E-state index contributed by atoms with van der Waals surface area (Å²) < 4.78 is 8.26. The van der Waals surface area contributed by atoms with Crippen LogP contribution in [0.5, 0.6) is 5.75 Å². The minimum absolute atomic E-state index is 0. The lowest BCUT2D eigenvalue weighted by Gasteiger charge is -2.12. The van der Waals surface area contributed by atoms with Crippen molar-refractivity contribution in [1.82, 2.24) is 9.88 Å². The summed E-state index contributed by atoms with van der Waals surface area (Å²) in [6.07, 6.45) is 1.96. The van der Waals surface area contributed by atoms with Crippen molar-refractivity contribution >= 4 is 46.5 Å². The molecule has 1 aromatic heterocycles. The van der Waals surface area contributed by atoms with Gasteiger partial charge in [0.25, 0.3) is 0 Å². The fourth-order valence-corrected chi connectivity index (χ4v) is 4.06. The number of hydrogen-bond acceptors (Lipinski definition) is 2. The van der Waals surface area contributed by atoms with E-state index in [0.717, 1.165) is 49.1 Å². The average molecular weight is 412 g/mol. The predicted molar refractivity (Wildman–Crippen MR) is 111 cm³/mol. The molecule has 138 valence electrons. The highest BCUT2D eigenvalue weighted by atomic mass is 35.5. The molecule has 0 saturated heterocycles. The maximum atomic E-state index is 6.56. The molecule has 0 unspecified atom stereocenters. The molecular weight excluding hydrogens is 391 g/mol. The molecule has 0 fully saturated rings. The molecule has 0 atom stereocenters. The second-order valence-corrected chi connectivity index (χ2v) is 7.03. The zero-order chi connectivity index (χ0) is 17.2. The Kier molecular flexibility index (Phi) is 6.36. The summed E-state index contributed by atoms with van der Waals surface area (Å²) in [5, 5.41) is 5.86. The van der Waals surface area contributed by atoms with Gasteiger partial charge in [0.15, 0.2) is 0 Å². The van der Waals surface area contributed by atoms with Gasteiger partial charge in [0.1, 0.15) is 12.4 Å². The molecule has 6 heteroatoms. The summed E-state index contributed by atoms with van der Waals surface area (Å²) in [7, 11) is 0. The minimum atomic E-state index is 0. The topological polar surface area (TPSA) is 26.2 Å². The van der Waals surface area contributed by atoms with Crippen molar-refractivity contribution < 1.29 is 4.74 Å². The summed E-state index contributed by atoms with van der Waals surface area (Å²) in [5.41, 5.74) is 3.83. The lowest BCUT2D eigenvalue weighted by atomic mass is 10.1. The molecule has 0 radical (unpaired) electrons. The monoisotopic (exact) mass is 410 g/mol. The van der Waals surface area contributed by atoms with E-state index < -0.39 is 0 Å². The van der Waals surface area contributed by atoms with Gasteiger partial charge >= 0.3 is 0 Å². The second kappa shape index (κ2) is 8.53. The van der Waals surface area contributed by atoms with Crippen LogP contribution in [0.2, 0.25) is 10.0 Å². The largest absolute Gasteiger partial charge is 0.492 e. The van der Waals surface area contributed by atoms with E-state index in [9.17, 15) is 0 Å². The van der Waals surface area contributed by atoms with Crippen LogP contribution in [0.25, 0.3) is 10.9 Å². The number of fused-ring (bicyclic) bond motifs is 3. The van der Waals surface area contributed by atoms with Gasteiger partial charge in [-0.2, -0.15) is 0 Å². The zero-order valence-electron chi connectivity index (χ0n) is 14.3. The third-order valence-corrected chi connectivity index (χ3v) is 5.56. The van der Waals surface area contributed by atoms with Gasteiger partial charge in [0.05, 0.1) is 22.1 Å². The van der Waals surface area contributed by atoms with E-state index in [4.69, 9.17) is 27.9 Å². The van der Waals surface area contributed by atoms with Gasteiger partial charge < -0.3 is 14.6 Å². The number of nitrogens with zero attached hydrogens (tertiary/aromatic N) is 1. The van der Waals surface area contributed by atoms with Crippen molar-refractivity contribution in [2.24, 2.45) is 0 Å². The smallest absolute Gasteiger partial charge is 0.119 e. The van der Waals surface area contributed by atoms with Crippen LogP contribution in [0, 0.1) is 0 Å². The molecule has 2 aromatic carbocycles. The first-order valence-electron chi connectivity index (χ1n) is 8.62. The molecule has 1 N–H and O–H groups in total. The van der Waals surface area contributed by atoms with E-state index in [1.54, 1.807) is 0 Å². The van der Waals surface area contributed by atoms with Crippen molar-refractivity contribution in [1.29, 1.82) is 0 Å². The van der Waals surface area contributed by atoms with Gasteiger partial charge in [-0.3, -0.25) is 0 Å². The Labute approximate surface area is 169 Å². The molecule has 2 heterocycles. The Balaban J connectivity index is 0.00000196. The quantitative estimate of drug-likeness (QED) is 0.643. The molecule has 3 nitrogen and oxygen atoms in total. The zero-order valence-corrected chi connectivity index (χ0v) is 16.6. The molecule has 1 aliphatic heterocycles. The van der Waals surface area contributed by atoms with Crippen LogP contribution in [-0.2, 0) is 19.4 Å². The Bertz CT molecular complexity index is 893. The van der Waals surface area contributed by atoms with Crippen molar-refractivity contribution in [3.63, 3.8) is 0 Å². The standard InChI is InChI=1S/C20H20Cl2N2O.ClH/c21-16-6-7-18-19(20(16)22)15-8-10-23-11-9-17(15)24(18)12-13-25-14-4-2-1-3-5-14;/h1-7,23H,8-13H2;1H. The van der Waals surface area contributed by atoms with Crippen LogP contribution in [0.4, 0.5) is 0 Å². The maximum Gasteiger partial charge on any atom is 0.119 e. The summed E-state index contributed by atoms with van der Waals surface area (Å²) in [6, 6.07) is 13.9. The maximum absolute atomic E-state index is 6.56. The molecule has 4 rings (SSSR count). The highest BCUT2D eigenvalue weighted by Gasteiger charge is 2.21. The fourth-order valence-electron chi connectivity index (χ4n) is 3.63. The van der Waals surface area contributed by atoms with Crippen LogP contribution in [-0.4, -0.2) is 24.3 Å². The van der Waals surface area contributed by atoms with Gasteiger partial charge in [0, 0.05) is 24.0 Å². The number of rotatable bonds is 4. The van der Waals surface area contributed by atoms with E-state index in [1.807, 2.05) is 36.4 Å². The lowest BCUT2D eigenvalue weighted by molar-refractivity contribution is 0.299. The number of hydrogen-bond donors (Lipinski definition) is 1. The van der Waals surface area contributed by atoms with Crippen molar-refractivity contribution in [3.05, 3.63) is 63.8 Å². The highest BCUT2D eigenvalue weighted by molar-refractivity contribution is 6.45. The molecular formula is C20H21Cl3N2O. The first-order valence-corrected chi connectivity index (χ1v) is 9.38. The lowest BCUT2D eigenvalue weighted by Crippen LogP contribution is -2.18. The first kappa shape index (κ1) is 19.4. The number of benzene rings is 2. The van der Waals surface area contributed by atoms with Gasteiger partial charge in [0.2, 0.25) is 0 Å². The van der Waals surface area contributed by atoms with Crippen molar-refractivity contribution in [2.75, 3.05) is 19.7 Å². The first-order chi connectivity index (χ1) is 12.3. The highest BCUT2D eigenvalue weighted by Crippen LogP contribution is 2.37. The Hall–Kier alpha value is -1.39. The number of aromatic nitrogens is 1. The SMILES string of the molecule is Cl.Clc1ccc2c(c1Cl)c1c(n2CCOc2ccccc2)CCNCC1. The number of para-hydroxylation sites is 1. The Morgan fingerprint density at radius 3 is 2.58 bits per heavy atom. The van der Waals surface area contributed by atoms with Crippen LogP contribution in [0.1, 0.15) is 11.3 Å². The van der Waals surface area contributed by atoms with Crippen LogP contribution >= 0.6 is 35.6 Å². The van der Waals surface area contributed by atoms with Gasteiger partial charge in [-0.1, -0.05) is 41.4 Å². The van der Waals surface area contributed by atoms with E-state index in [0.29, 0.717) is 16.7 Å². The molecule has 0 saturated carbocycles. The fraction of sp³-hybridized carbons (Fsp3) is 0.300. The minimum Gasteiger partial charge on any atom is -0.492 e. The molecule has 1 aliphatic rings. The van der Waals surface area contributed by atoms with Crippen molar-refractivity contribution in [3.8, 4) is 5.75 Å². The molecule has 0 amide bonds. The van der Waals surface area contributed by atoms with E-state index >= 15 is 0 Å². The third kappa shape index (κ3) is 3.67. The average Bonchev–Trinajstić information content (AvgIpc) is 2.78. The summed E-state index contributed by atoms with van der Waals surface area (Å²) in [5.74, 6) is 0.896. The van der Waals surface area contributed by atoms with Crippen LogP contribution < -0.4 is 10.1 Å². The van der Waals surface area contributed by atoms with Gasteiger partial charge in [-0.05, 0) is 42.8 Å². The second-order valence-electron chi connectivity index (χ2n) is 6.24. The Morgan fingerprint density at radius 1 is 1.00 bits per heavy atom. The predicted octanol–water partition coefficient (Wildman–Crippen LogP) is 5.14. The van der Waals surface area contributed by atoms with E-state index in [1.165, 1.54) is 11.3 Å². The van der Waals surface area contributed by atoms with Gasteiger partial charge in [-0.15, -0.1) is 12.4 Å².